The van der Waals surface area contributed by atoms with Crippen molar-refractivity contribution in [1.82, 2.24) is 5.32 Å². The van der Waals surface area contributed by atoms with Crippen LogP contribution in [0.15, 0.2) is 29.2 Å². The molecule has 0 aliphatic rings. The van der Waals surface area contributed by atoms with E-state index in [9.17, 15) is 14.7 Å². The fourth-order valence-corrected chi connectivity index (χ4v) is 2.36. The summed E-state index contributed by atoms with van der Waals surface area (Å²) in [5.74, 6) is -1.72. The average molecular weight is 304 g/mol. The molecule has 0 radical (unpaired) electrons. The van der Waals surface area contributed by atoms with E-state index in [1.54, 1.807) is 24.3 Å². The summed E-state index contributed by atoms with van der Waals surface area (Å²) < 4.78 is 0. The summed E-state index contributed by atoms with van der Waals surface area (Å²) in [6.07, 6.45) is -1.16. The first kappa shape index (κ1) is 15.8. The zero-order valence-electron chi connectivity index (χ0n) is 10.2. The Morgan fingerprint density at radius 1 is 1.42 bits per heavy atom. The van der Waals surface area contributed by atoms with E-state index in [1.807, 2.05) is 0 Å². The highest BCUT2D eigenvalue weighted by Crippen LogP contribution is 2.26. The van der Waals surface area contributed by atoms with Crippen LogP contribution in [-0.2, 0) is 9.59 Å². The molecule has 1 aromatic carbocycles. The number of carbonyl (C=O) groups is 2. The second kappa shape index (κ2) is 7.37. The van der Waals surface area contributed by atoms with E-state index < -0.39 is 24.0 Å². The minimum Gasteiger partial charge on any atom is -0.480 e. The van der Waals surface area contributed by atoms with Crippen LogP contribution in [0.3, 0.4) is 0 Å². The molecule has 104 valence electrons. The predicted molar refractivity (Wildman–Crippen MR) is 73.4 cm³/mol. The van der Waals surface area contributed by atoms with Gasteiger partial charge >= 0.3 is 5.97 Å². The number of amides is 1. The molecule has 0 fully saturated rings. The molecule has 0 saturated heterocycles. The van der Waals surface area contributed by atoms with Gasteiger partial charge in [0.25, 0.3) is 0 Å². The van der Waals surface area contributed by atoms with Gasteiger partial charge in [-0.3, -0.25) is 4.79 Å². The maximum absolute atomic E-state index is 11.6. The molecule has 5 nitrogen and oxygen atoms in total. The molecule has 0 unspecified atom stereocenters. The van der Waals surface area contributed by atoms with Gasteiger partial charge in [-0.1, -0.05) is 23.7 Å². The van der Waals surface area contributed by atoms with Crippen molar-refractivity contribution in [3.8, 4) is 0 Å². The van der Waals surface area contributed by atoms with Crippen LogP contribution in [0.25, 0.3) is 0 Å². The van der Waals surface area contributed by atoms with Crippen LogP contribution in [0.5, 0.6) is 0 Å². The molecule has 3 N–H and O–H groups in total. The number of aliphatic hydroxyl groups is 1. The monoisotopic (exact) mass is 303 g/mol. The van der Waals surface area contributed by atoms with Crippen LogP contribution in [0.1, 0.15) is 6.92 Å². The number of nitrogens with one attached hydrogen (secondary N) is 1. The summed E-state index contributed by atoms with van der Waals surface area (Å²) in [5.41, 5.74) is 0. The number of carboxylic acids is 1. The summed E-state index contributed by atoms with van der Waals surface area (Å²) in [4.78, 5) is 23.1. The van der Waals surface area contributed by atoms with Crippen molar-refractivity contribution in [2.24, 2.45) is 0 Å². The van der Waals surface area contributed by atoms with E-state index in [0.29, 0.717) is 5.02 Å². The molecule has 0 saturated carbocycles. The van der Waals surface area contributed by atoms with Crippen LogP contribution in [0, 0.1) is 0 Å². The van der Waals surface area contributed by atoms with Crippen LogP contribution in [0.4, 0.5) is 0 Å². The molecule has 1 rings (SSSR count). The number of rotatable bonds is 6. The molecule has 0 aliphatic carbocycles. The first-order valence-corrected chi connectivity index (χ1v) is 6.85. The summed E-state index contributed by atoms with van der Waals surface area (Å²) >= 11 is 7.13. The summed E-state index contributed by atoms with van der Waals surface area (Å²) in [6.45, 7) is 1.31. The van der Waals surface area contributed by atoms with Crippen LogP contribution >= 0.6 is 23.4 Å². The Morgan fingerprint density at radius 2 is 2.05 bits per heavy atom. The SMILES string of the molecule is C[C@@H](O)[C@H](NC(=O)CSc1ccccc1Cl)C(=O)O. The molecule has 1 amide bonds. The van der Waals surface area contributed by atoms with E-state index in [-0.39, 0.29) is 5.75 Å². The van der Waals surface area contributed by atoms with Crippen molar-refractivity contribution in [2.75, 3.05) is 5.75 Å². The minimum atomic E-state index is -1.31. The molecule has 0 aliphatic heterocycles. The van der Waals surface area contributed by atoms with Crippen molar-refractivity contribution < 1.29 is 19.8 Å². The highest BCUT2D eigenvalue weighted by atomic mass is 35.5. The first-order valence-electron chi connectivity index (χ1n) is 5.49. The predicted octanol–water partition coefficient (Wildman–Crippen LogP) is 1.38. The highest BCUT2D eigenvalue weighted by molar-refractivity contribution is 8.00. The van der Waals surface area contributed by atoms with Gasteiger partial charge < -0.3 is 15.5 Å². The number of thioether (sulfide) groups is 1. The lowest BCUT2D eigenvalue weighted by atomic mass is 10.2. The molecule has 0 heterocycles. The number of carboxylic acid groups (broad SMARTS) is 1. The van der Waals surface area contributed by atoms with E-state index in [0.717, 1.165) is 4.90 Å². The Morgan fingerprint density at radius 3 is 2.58 bits per heavy atom. The van der Waals surface area contributed by atoms with Crippen LogP contribution < -0.4 is 5.32 Å². The molecule has 19 heavy (non-hydrogen) atoms. The zero-order valence-corrected chi connectivity index (χ0v) is 11.7. The molecule has 0 bridgehead atoms. The van der Waals surface area contributed by atoms with Gasteiger partial charge in [0.1, 0.15) is 0 Å². The number of hydrogen-bond acceptors (Lipinski definition) is 4. The first-order chi connectivity index (χ1) is 8.91. The van der Waals surface area contributed by atoms with Gasteiger partial charge in [-0.05, 0) is 19.1 Å². The second-order valence-electron chi connectivity index (χ2n) is 3.84. The number of carbonyl (C=O) groups excluding carboxylic acids is 1. The average Bonchev–Trinajstić information content (AvgIpc) is 2.34. The normalized spacial score (nSPS) is 13.6. The molecule has 0 spiro atoms. The lowest BCUT2D eigenvalue weighted by Crippen LogP contribution is -2.48. The quantitative estimate of drug-likeness (QED) is 0.691. The topological polar surface area (TPSA) is 86.6 Å². The number of benzene rings is 1. The van der Waals surface area contributed by atoms with Crippen molar-refractivity contribution in [3.05, 3.63) is 29.3 Å². The lowest BCUT2D eigenvalue weighted by Gasteiger charge is -2.16. The van der Waals surface area contributed by atoms with Gasteiger partial charge in [-0.2, -0.15) is 0 Å². The van der Waals surface area contributed by atoms with Gasteiger partial charge in [0.15, 0.2) is 6.04 Å². The Balaban J connectivity index is 2.52. The van der Waals surface area contributed by atoms with Gasteiger partial charge in [-0.15, -0.1) is 11.8 Å². The maximum atomic E-state index is 11.6. The van der Waals surface area contributed by atoms with E-state index in [4.69, 9.17) is 16.7 Å². The number of aliphatic carboxylic acids is 1. The number of hydrogen-bond donors (Lipinski definition) is 3. The van der Waals surface area contributed by atoms with Crippen molar-refractivity contribution >= 4 is 35.2 Å². The number of halogens is 1. The second-order valence-corrected chi connectivity index (χ2v) is 5.27. The molecule has 2 atom stereocenters. The Hall–Kier alpha value is -1.24. The Bertz CT molecular complexity index is 467. The third-order valence-electron chi connectivity index (χ3n) is 2.26. The van der Waals surface area contributed by atoms with Crippen LogP contribution in [0.2, 0.25) is 5.02 Å². The molecular weight excluding hydrogens is 290 g/mol. The molecule has 7 heteroatoms. The maximum Gasteiger partial charge on any atom is 0.328 e. The fraction of sp³-hybridized carbons (Fsp3) is 0.333. The molecular formula is C12H14ClNO4S. The summed E-state index contributed by atoms with van der Waals surface area (Å²) in [7, 11) is 0. The van der Waals surface area contributed by atoms with E-state index in [2.05, 4.69) is 5.32 Å². The lowest BCUT2D eigenvalue weighted by molar-refractivity contribution is -0.144. The minimum absolute atomic E-state index is 0.0280. The Kier molecular flexibility index (Phi) is 6.14. The van der Waals surface area contributed by atoms with Gasteiger partial charge in [0, 0.05) is 4.90 Å². The largest absolute Gasteiger partial charge is 0.480 e. The van der Waals surface area contributed by atoms with Gasteiger partial charge in [-0.25, -0.2) is 4.79 Å². The molecule has 0 aromatic heterocycles. The van der Waals surface area contributed by atoms with Crippen molar-refractivity contribution in [1.29, 1.82) is 0 Å². The van der Waals surface area contributed by atoms with Gasteiger partial charge in [0.05, 0.1) is 16.9 Å². The fourth-order valence-electron chi connectivity index (χ4n) is 1.31. The summed E-state index contributed by atoms with van der Waals surface area (Å²) in [5, 5.41) is 20.8. The van der Waals surface area contributed by atoms with E-state index in [1.165, 1.54) is 18.7 Å². The zero-order chi connectivity index (χ0) is 14.4. The number of aliphatic hydroxyl groups excluding tert-OH is 1. The third kappa shape index (κ3) is 5.10. The Labute approximate surface area is 120 Å². The standard InChI is InChI=1S/C12H14ClNO4S/c1-7(15)11(12(17)18)14-10(16)6-19-9-5-3-2-4-8(9)13/h2-5,7,11,15H,6H2,1H3,(H,14,16)(H,17,18)/t7-,11+/m1/s1. The van der Waals surface area contributed by atoms with Gasteiger partial charge in [0.2, 0.25) is 5.91 Å². The van der Waals surface area contributed by atoms with E-state index >= 15 is 0 Å². The van der Waals surface area contributed by atoms with Crippen molar-refractivity contribution in [2.45, 2.75) is 24.0 Å². The summed E-state index contributed by atoms with van der Waals surface area (Å²) in [6, 6.07) is 5.74. The molecule has 1 aromatic rings. The van der Waals surface area contributed by atoms with Crippen molar-refractivity contribution in [3.63, 3.8) is 0 Å². The smallest absolute Gasteiger partial charge is 0.328 e. The van der Waals surface area contributed by atoms with Crippen LogP contribution in [-0.4, -0.2) is 40.0 Å². The highest BCUT2D eigenvalue weighted by Gasteiger charge is 2.24. The third-order valence-corrected chi connectivity index (χ3v) is 3.78.